The van der Waals surface area contributed by atoms with Gasteiger partial charge in [0.25, 0.3) is 0 Å². The monoisotopic (exact) mass is 553 g/mol. The highest BCUT2D eigenvalue weighted by Crippen LogP contribution is 2.21. The lowest BCUT2D eigenvalue weighted by atomic mass is 9.96. The molecule has 1 aromatic carbocycles. The Balaban J connectivity index is 0.000000332. The number of imidazole rings is 1. The molecule has 13 heteroatoms. The van der Waals surface area contributed by atoms with Crippen molar-refractivity contribution >= 4 is 29.2 Å². The summed E-state index contributed by atoms with van der Waals surface area (Å²) in [6.45, 7) is 4.60. The number of nitrogens with zero attached hydrogens (tertiary/aromatic N) is 3. The molecule has 0 bridgehead atoms. The number of aliphatic hydroxyl groups is 1. The van der Waals surface area contributed by atoms with E-state index < -0.39 is 48.0 Å². The van der Waals surface area contributed by atoms with E-state index in [1.54, 1.807) is 23.9 Å². The van der Waals surface area contributed by atoms with Crippen molar-refractivity contribution in [3.63, 3.8) is 0 Å². The zero-order valence-corrected chi connectivity index (χ0v) is 21.4. The highest BCUT2D eigenvalue weighted by Gasteiger charge is 2.40. The molecule has 0 amide bonds. The minimum Gasteiger partial charge on any atom is -0.481 e. The Morgan fingerprint density at radius 2 is 1.66 bits per heavy atom. The first-order valence-electron chi connectivity index (χ1n) is 11.5. The highest BCUT2D eigenvalue weighted by atomic mass is 32.1. The first kappa shape index (κ1) is 30.5. The fourth-order valence-electron chi connectivity index (χ4n) is 3.52. The smallest absolute Gasteiger partial charge is 0.336 e. The molecule has 4 N–H and O–H groups in total. The van der Waals surface area contributed by atoms with Gasteiger partial charge in [-0.15, -0.1) is 11.3 Å². The van der Waals surface area contributed by atoms with Gasteiger partial charge in [0, 0.05) is 53.9 Å². The van der Waals surface area contributed by atoms with E-state index in [1.165, 1.54) is 28.0 Å². The van der Waals surface area contributed by atoms with Gasteiger partial charge in [0.15, 0.2) is 5.60 Å². The molecule has 0 aliphatic rings. The molecule has 0 spiro atoms. The zero-order chi connectivity index (χ0) is 28.3. The molecule has 38 heavy (non-hydrogen) atoms. The number of benzene rings is 1. The second-order valence-electron chi connectivity index (χ2n) is 8.56. The Bertz CT molecular complexity index is 1180. The molecule has 0 unspecified atom stereocenters. The molecule has 10 nitrogen and oxygen atoms in total. The third-order valence-corrected chi connectivity index (χ3v) is 6.34. The second-order valence-corrected chi connectivity index (χ2v) is 9.93. The van der Waals surface area contributed by atoms with Gasteiger partial charge in [0.2, 0.25) is 0 Å². The molecule has 3 aromatic rings. The summed E-state index contributed by atoms with van der Waals surface area (Å²) >= 11 is 1.72. The van der Waals surface area contributed by atoms with E-state index in [-0.39, 0.29) is 12.1 Å². The largest absolute Gasteiger partial charge is 0.481 e. The number of hydrogen-bond acceptors (Lipinski definition) is 7. The molecular formula is C25H29F2N3O7S. The molecule has 0 aliphatic heterocycles. The number of carboxylic acids is 3. The van der Waals surface area contributed by atoms with Gasteiger partial charge in [0.1, 0.15) is 11.6 Å². The molecule has 0 atom stereocenters. The van der Waals surface area contributed by atoms with Crippen LogP contribution >= 0.6 is 11.3 Å². The van der Waals surface area contributed by atoms with Gasteiger partial charge < -0.3 is 25.0 Å². The number of carbonyl (C=O) groups is 3. The summed E-state index contributed by atoms with van der Waals surface area (Å²) in [6.07, 6.45) is 4.05. The van der Waals surface area contributed by atoms with Gasteiger partial charge in [-0.3, -0.25) is 14.5 Å². The Morgan fingerprint density at radius 3 is 2.13 bits per heavy atom. The first-order chi connectivity index (χ1) is 17.9. The second kappa shape index (κ2) is 14.3. The summed E-state index contributed by atoms with van der Waals surface area (Å²) < 4.78 is 30.1. The standard InChI is InChI=1S/C19H21F2N3S.C6H8O7/c1-15-6-7-16(25-15)12-24(10-3-9-23-11-8-22-14-23)13-17-18(20)4-2-5-19(17)21;7-3(8)1-6(13,5(11)12)2-4(9)10/h2,4-8,11,14H,3,9-10,12-13H2,1H3;13H,1-2H2,(H,7,8)(H,9,10)(H,11,12). The van der Waals surface area contributed by atoms with Crippen LogP contribution < -0.4 is 0 Å². The highest BCUT2D eigenvalue weighted by molar-refractivity contribution is 7.11. The van der Waals surface area contributed by atoms with E-state index in [0.717, 1.165) is 19.5 Å². The SMILES string of the molecule is Cc1ccc(CN(CCCn2ccnc2)Cc2c(F)cccc2F)s1.O=C(O)CC(O)(CC(=O)O)C(=O)O. The van der Waals surface area contributed by atoms with Crippen molar-refractivity contribution in [3.8, 4) is 0 Å². The molecular weight excluding hydrogens is 524 g/mol. The quantitative estimate of drug-likeness (QED) is 0.249. The summed E-state index contributed by atoms with van der Waals surface area (Å²) in [5, 5.41) is 33.8. The lowest BCUT2D eigenvalue weighted by Gasteiger charge is -2.22. The molecule has 2 heterocycles. The van der Waals surface area contributed by atoms with Crippen LogP contribution in [-0.4, -0.2) is 64.9 Å². The number of aliphatic carboxylic acids is 3. The van der Waals surface area contributed by atoms with Crippen LogP contribution in [0.2, 0.25) is 0 Å². The summed E-state index contributed by atoms with van der Waals surface area (Å²) in [5.74, 6) is -5.99. The molecule has 0 aliphatic carbocycles. The van der Waals surface area contributed by atoms with Crippen LogP contribution in [0, 0.1) is 18.6 Å². The number of aromatic nitrogens is 2. The Labute approximate surface area is 221 Å². The number of thiophene rings is 1. The minimum absolute atomic E-state index is 0.137. The van der Waals surface area contributed by atoms with E-state index in [0.29, 0.717) is 6.54 Å². The average molecular weight is 554 g/mol. The Kier molecular flexibility index (Phi) is 11.5. The number of hydrogen-bond donors (Lipinski definition) is 4. The maximum absolute atomic E-state index is 14.0. The lowest BCUT2D eigenvalue weighted by Crippen LogP contribution is -2.42. The number of rotatable bonds is 13. The van der Waals surface area contributed by atoms with E-state index >= 15 is 0 Å². The lowest BCUT2D eigenvalue weighted by molar-refractivity contribution is -0.170. The fourth-order valence-corrected chi connectivity index (χ4v) is 4.45. The number of halogens is 2. The fraction of sp³-hybridized carbons (Fsp3) is 0.360. The van der Waals surface area contributed by atoms with Crippen molar-refractivity contribution in [2.24, 2.45) is 0 Å². The Morgan fingerprint density at radius 1 is 1.03 bits per heavy atom. The minimum atomic E-state index is -2.74. The summed E-state index contributed by atoms with van der Waals surface area (Å²) in [5.41, 5.74) is -2.60. The van der Waals surface area contributed by atoms with Crippen molar-refractivity contribution in [1.29, 1.82) is 0 Å². The van der Waals surface area contributed by atoms with E-state index in [4.69, 9.17) is 20.4 Å². The van der Waals surface area contributed by atoms with Gasteiger partial charge in [-0.2, -0.15) is 0 Å². The maximum atomic E-state index is 14.0. The topological polar surface area (TPSA) is 153 Å². The van der Waals surface area contributed by atoms with E-state index in [9.17, 15) is 23.2 Å². The van der Waals surface area contributed by atoms with Crippen molar-refractivity contribution in [2.75, 3.05) is 6.54 Å². The van der Waals surface area contributed by atoms with Gasteiger partial charge in [-0.1, -0.05) is 6.07 Å². The van der Waals surface area contributed by atoms with E-state index in [2.05, 4.69) is 28.9 Å². The van der Waals surface area contributed by atoms with Gasteiger partial charge in [-0.25, -0.2) is 18.6 Å². The normalized spacial score (nSPS) is 11.2. The molecule has 0 radical (unpaired) electrons. The van der Waals surface area contributed by atoms with Crippen molar-refractivity contribution < 1.29 is 43.6 Å². The molecule has 0 saturated heterocycles. The zero-order valence-electron chi connectivity index (χ0n) is 20.6. The van der Waals surface area contributed by atoms with Crippen LogP contribution in [0.25, 0.3) is 0 Å². The third-order valence-electron chi connectivity index (χ3n) is 5.35. The predicted octanol–water partition coefficient (Wildman–Crippen LogP) is 3.38. The van der Waals surface area contributed by atoms with Gasteiger partial charge >= 0.3 is 17.9 Å². The van der Waals surface area contributed by atoms with Gasteiger partial charge in [-0.05, 0) is 37.6 Å². The Hall–Kier alpha value is -3.68. The molecule has 0 saturated carbocycles. The maximum Gasteiger partial charge on any atom is 0.336 e. The van der Waals surface area contributed by atoms with Crippen molar-refractivity contribution in [3.05, 3.63) is 76.0 Å². The molecule has 206 valence electrons. The van der Waals surface area contributed by atoms with Crippen molar-refractivity contribution in [1.82, 2.24) is 14.5 Å². The molecule has 2 aromatic heterocycles. The third kappa shape index (κ3) is 10.00. The van der Waals surface area contributed by atoms with Crippen LogP contribution in [0.15, 0.2) is 49.1 Å². The van der Waals surface area contributed by atoms with Crippen LogP contribution in [0.4, 0.5) is 8.78 Å². The number of carboxylic acid groups (broad SMARTS) is 3. The summed E-state index contributed by atoms with van der Waals surface area (Å²) in [6, 6.07) is 8.20. The predicted molar refractivity (Wildman–Crippen MR) is 133 cm³/mol. The van der Waals surface area contributed by atoms with Crippen LogP contribution in [0.5, 0.6) is 0 Å². The summed E-state index contributed by atoms with van der Waals surface area (Å²) in [4.78, 5) is 39.1. The van der Waals surface area contributed by atoms with Crippen molar-refractivity contribution in [2.45, 2.75) is 51.4 Å². The van der Waals surface area contributed by atoms with Gasteiger partial charge in [0.05, 0.1) is 19.2 Å². The van der Waals surface area contributed by atoms with Crippen LogP contribution in [0.1, 0.15) is 34.6 Å². The summed E-state index contributed by atoms with van der Waals surface area (Å²) in [7, 11) is 0. The van der Waals surface area contributed by atoms with E-state index in [1.807, 2.05) is 10.8 Å². The molecule has 0 fully saturated rings. The first-order valence-corrected chi connectivity index (χ1v) is 12.3. The van der Waals surface area contributed by atoms with Crippen LogP contribution in [0.3, 0.4) is 0 Å². The molecule has 3 rings (SSSR count). The van der Waals surface area contributed by atoms with Crippen LogP contribution in [-0.2, 0) is 34.0 Å². The number of aryl methyl sites for hydroxylation is 2. The average Bonchev–Trinajstić information content (AvgIpc) is 3.47.